The first kappa shape index (κ1) is 30.7. The molecule has 0 radical (unpaired) electrons. The zero-order valence-corrected chi connectivity index (χ0v) is 28.8. The first-order valence-electron chi connectivity index (χ1n) is 17.6. The standard InChI is InChI=1S/C49H37NO/c1-49(2)44-21-11-12-23-47(44)51-48-41(20-13-22-45(48)49)37-26-30-39(31-27-37)50(38-28-24-35(25-29-38)34-14-5-3-6-15-34)46-33-32-40(36-16-7-4-8-17-36)42-18-9-10-19-43(42)46/h3-33H,1-2H3. The van der Waals surface area contributed by atoms with Crippen molar-refractivity contribution in [3.63, 3.8) is 0 Å². The van der Waals surface area contributed by atoms with E-state index in [-0.39, 0.29) is 5.41 Å². The van der Waals surface area contributed by atoms with Gasteiger partial charge in [0.15, 0.2) is 0 Å². The number of hydrogen-bond acceptors (Lipinski definition) is 2. The molecule has 0 bridgehead atoms. The van der Waals surface area contributed by atoms with Crippen LogP contribution in [0.25, 0.3) is 44.2 Å². The third kappa shape index (κ3) is 5.37. The minimum atomic E-state index is -0.171. The largest absolute Gasteiger partial charge is 0.456 e. The predicted octanol–water partition coefficient (Wildman–Crippen LogP) is 13.7. The van der Waals surface area contributed by atoms with Gasteiger partial charge in [0.1, 0.15) is 11.5 Å². The van der Waals surface area contributed by atoms with Gasteiger partial charge >= 0.3 is 0 Å². The second-order valence-corrected chi connectivity index (χ2v) is 13.7. The average Bonchev–Trinajstić information content (AvgIpc) is 3.19. The summed E-state index contributed by atoms with van der Waals surface area (Å²) in [7, 11) is 0. The fourth-order valence-corrected chi connectivity index (χ4v) is 7.69. The number of hydrogen-bond donors (Lipinski definition) is 0. The Bertz CT molecular complexity index is 2500. The van der Waals surface area contributed by atoms with Crippen LogP contribution in [-0.4, -0.2) is 0 Å². The Morgan fingerprint density at radius 2 is 0.922 bits per heavy atom. The Hall–Kier alpha value is -6.38. The van der Waals surface area contributed by atoms with Gasteiger partial charge in [0, 0.05) is 38.9 Å². The van der Waals surface area contributed by atoms with Crippen molar-refractivity contribution in [2.24, 2.45) is 0 Å². The number of anilines is 3. The van der Waals surface area contributed by atoms with Gasteiger partial charge in [0.25, 0.3) is 0 Å². The minimum Gasteiger partial charge on any atom is -0.456 e. The molecule has 9 rings (SSSR count). The number of para-hydroxylation sites is 2. The van der Waals surface area contributed by atoms with Crippen LogP contribution in [0, 0.1) is 0 Å². The predicted molar refractivity (Wildman–Crippen MR) is 214 cm³/mol. The molecule has 1 aliphatic rings. The molecule has 0 fully saturated rings. The van der Waals surface area contributed by atoms with Gasteiger partial charge in [-0.1, -0.05) is 166 Å². The van der Waals surface area contributed by atoms with E-state index in [0.717, 1.165) is 39.7 Å². The van der Waals surface area contributed by atoms with E-state index < -0.39 is 0 Å². The summed E-state index contributed by atoms with van der Waals surface area (Å²) in [6.07, 6.45) is 0. The summed E-state index contributed by atoms with van der Waals surface area (Å²) in [4.78, 5) is 2.38. The zero-order valence-electron chi connectivity index (χ0n) is 28.8. The SMILES string of the molecule is CC1(C)c2ccccc2Oc2c(-c3ccc(N(c4ccc(-c5ccccc5)cc4)c4ccc(-c5ccccc5)c5ccccc45)cc3)cccc21. The lowest BCUT2D eigenvalue weighted by Crippen LogP contribution is -2.24. The van der Waals surface area contributed by atoms with Crippen LogP contribution < -0.4 is 9.64 Å². The fourth-order valence-electron chi connectivity index (χ4n) is 7.69. The smallest absolute Gasteiger partial charge is 0.139 e. The number of benzene rings is 8. The highest BCUT2D eigenvalue weighted by Crippen LogP contribution is 2.51. The first-order valence-corrected chi connectivity index (χ1v) is 17.6. The molecule has 1 aliphatic heterocycles. The maximum absolute atomic E-state index is 6.65. The van der Waals surface area contributed by atoms with E-state index in [1.807, 2.05) is 6.07 Å². The Labute approximate surface area is 299 Å². The summed E-state index contributed by atoms with van der Waals surface area (Å²) in [6.45, 7) is 4.57. The number of fused-ring (bicyclic) bond motifs is 3. The molecule has 51 heavy (non-hydrogen) atoms. The van der Waals surface area contributed by atoms with E-state index in [2.05, 4.69) is 201 Å². The normalized spacial score (nSPS) is 12.8. The van der Waals surface area contributed by atoms with Crippen LogP contribution in [0.3, 0.4) is 0 Å². The summed E-state index contributed by atoms with van der Waals surface area (Å²) in [5.41, 5.74) is 12.6. The van der Waals surface area contributed by atoms with Gasteiger partial charge < -0.3 is 9.64 Å². The highest BCUT2D eigenvalue weighted by Gasteiger charge is 2.35. The fraction of sp³-hybridized carbons (Fsp3) is 0.0612. The molecule has 0 aromatic heterocycles. The van der Waals surface area contributed by atoms with Gasteiger partial charge in [0.05, 0.1) is 5.69 Å². The quantitative estimate of drug-likeness (QED) is 0.177. The third-order valence-electron chi connectivity index (χ3n) is 10.4. The van der Waals surface area contributed by atoms with Crippen molar-refractivity contribution in [3.05, 3.63) is 199 Å². The van der Waals surface area contributed by atoms with Gasteiger partial charge in [-0.25, -0.2) is 0 Å². The van der Waals surface area contributed by atoms with Crippen molar-refractivity contribution in [2.75, 3.05) is 4.90 Å². The zero-order chi connectivity index (χ0) is 34.4. The summed E-state index contributed by atoms with van der Waals surface area (Å²) >= 11 is 0. The lowest BCUT2D eigenvalue weighted by Gasteiger charge is -2.35. The second kappa shape index (κ2) is 12.5. The molecule has 2 heteroatoms. The van der Waals surface area contributed by atoms with Crippen molar-refractivity contribution >= 4 is 27.8 Å². The molecule has 244 valence electrons. The van der Waals surface area contributed by atoms with E-state index in [9.17, 15) is 0 Å². The van der Waals surface area contributed by atoms with Crippen molar-refractivity contribution in [2.45, 2.75) is 19.3 Å². The van der Waals surface area contributed by atoms with E-state index in [0.29, 0.717) is 0 Å². The van der Waals surface area contributed by atoms with Crippen molar-refractivity contribution in [1.29, 1.82) is 0 Å². The van der Waals surface area contributed by atoms with Crippen LogP contribution in [0.1, 0.15) is 25.0 Å². The van der Waals surface area contributed by atoms with Gasteiger partial charge in [0.2, 0.25) is 0 Å². The van der Waals surface area contributed by atoms with Crippen molar-refractivity contribution in [3.8, 4) is 44.9 Å². The van der Waals surface area contributed by atoms with Crippen LogP contribution in [-0.2, 0) is 5.41 Å². The maximum atomic E-state index is 6.65. The molecule has 0 amide bonds. The molecular weight excluding hydrogens is 619 g/mol. The molecule has 8 aromatic carbocycles. The lowest BCUT2D eigenvalue weighted by atomic mass is 9.75. The second-order valence-electron chi connectivity index (χ2n) is 13.7. The average molecular weight is 656 g/mol. The number of nitrogens with zero attached hydrogens (tertiary/aromatic N) is 1. The van der Waals surface area contributed by atoms with Gasteiger partial charge in [-0.05, 0) is 69.6 Å². The van der Waals surface area contributed by atoms with E-state index in [4.69, 9.17) is 4.74 Å². The Morgan fingerprint density at radius 3 is 1.63 bits per heavy atom. The summed E-state index contributed by atoms with van der Waals surface area (Å²) < 4.78 is 6.65. The number of rotatable bonds is 6. The van der Waals surface area contributed by atoms with Crippen LogP contribution in [0.5, 0.6) is 11.5 Å². The maximum Gasteiger partial charge on any atom is 0.139 e. The van der Waals surface area contributed by atoms with Crippen LogP contribution in [0.4, 0.5) is 17.1 Å². The van der Waals surface area contributed by atoms with Gasteiger partial charge in [-0.2, -0.15) is 0 Å². The highest BCUT2D eigenvalue weighted by molar-refractivity contribution is 6.06. The molecule has 0 spiro atoms. The molecule has 0 N–H and O–H groups in total. The number of ether oxygens (including phenoxy) is 1. The van der Waals surface area contributed by atoms with E-state index in [1.54, 1.807) is 0 Å². The van der Waals surface area contributed by atoms with Crippen LogP contribution >= 0.6 is 0 Å². The molecule has 0 saturated heterocycles. The first-order chi connectivity index (χ1) is 25.1. The van der Waals surface area contributed by atoms with E-state index in [1.165, 1.54) is 44.2 Å². The summed E-state index contributed by atoms with van der Waals surface area (Å²) in [5, 5.41) is 2.42. The molecule has 0 aliphatic carbocycles. The van der Waals surface area contributed by atoms with Crippen molar-refractivity contribution < 1.29 is 4.74 Å². The summed E-state index contributed by atoms with van der Waals surface area (Å²) in [5.74, 6) is 1.86. The Kier molecular flexibility index (Phi) is 7.51. The minimum absolute atomic E-state index is 0.171. The Balaban J connectivity index is 1.17. The molecule has 8 aromatic rings. The van der Waals surface area contributed by atoms with Crippen molar-refractivity contribution in [1.82, 2.24) is 0 Å². The highest BCUT2D eigenvalue weighted by atomic mass is 16.5. The van der Waals surface area contributed by atoms with Crippen LogP contribution in [0.15, 0.2) is 188 Å². The van der Waals surface area contributed by atoms with Crippen LogP contribution in [0.2, 0.25) is 0 Å². The van der Waals surface area contributed by atoms with Gasteiger partial charge in [-0.15, -0.1) is 0 Å². The topological polar surface area (TPSA) is 12.5 Å². The molecule has 1 heterocycles. The lowest BCUT2D eigenvalue weighted by molar-refractivity contribution is 0.419. The van der Waals surface area contributed by atoms with Gasteiger partial charge in [-0.3, -0.25) is 0 Å². The Morgan fingerprint density at radius 1 is 0.392 bits per heavy atom. The molecule has 0 unspecified atom stereocenters. The third-order valence-corrected chi connectivity index (χ3v) is 10.4. The van der Waals surface area contributed by atoms with E-state index >= 15 is 0 Å². The molecule has 0 atom stereocenters. The monoisotopic (exact) mass is 655 g/mol. The molecule has 0 saturated carbocycles. The molecule has 2 nitrogen and oxygen atoms in total. The summed E-state index contributed by atoms with van der Waals surface area (Å²) in [6, 6.07) is 67.3. The molecular formula is C49H37NO.